The second-order valence-electron chi connectivity index (χ2n) is 11.6. The number of nitrogens with two attached hydrogens (primary N) is 1. The number of aryl methyl sites for hydroxylation is 1. The molecule has 218 valence electrons. The third kappa shape index (κ3) is 5.24. The lowest BCUT2D eigenvalue weighted by atomic mass is 9.91. The number of nitrogens with one attached hydrogen (secondary N) is 2. The third-order valence-corrected chi connectivity index (χ3v) is 10.6. The Hall–Kier alpha value is -3.57. The van der Waals surface area contributed by atoms with Gasteiger partial charge < -0.3 is 21.3 Å². The quantitative estimate of drug-likeness (QED) is 0.311. The highest BCUT2D eigenvalue weighted by molar-refractivity contribution is 7.89. The number of hydrogen-bond donors (Lipinski definition) is 3. The van der Waals surface area contributed by atoms with Crippen LogP contribution < -0.4 is 21.3 Å². The Morgan fingerprint density at radius 2 is 1.79 bits per heavy atom. The Kier molecular flexibility index (Phi) is 7.31. The van der Waals surface area contributed by atoms with Crippen molar-refractivity contribution in [2.45, 2.75) is 43.0 Å². The predicted octanol–water partition coefficient (Wildman–Crippen LogP) is 4.05. The second kappa shape index (κ2) is 11.3. The van der Waals surface area contributed by atoms with Gasteiger partial charge in [0.25, 0.3) is 0 Å². The summed E-state index contributed by atoms with van der Waals surface area (Å²) in [5.41, 5.74) is 14.1. The van der Waals surface area contributed by atoms with E-state index in [9.17, 15) is 8.42 Å². The van der Waals surface area contributed by atoms with Crippen molar-refractivity contribution in [3.05, 3.63) is 72.1 Å². The molecule has 0 radical (unpaired) electrons. The first-order valence-electron chi connectivity index (χ1n) is 15.0. The first kappa shape index (κ1) is 27.3. The van der Waals surface area contributed by atoms with Crippen molar-refractivity contribution in [2.75, 3.05) is 49.5 Å². The van der Waals surface area contributed by atoms with Crippen molar-refractivity contribution in [1.29, 1.82) is 0 Å². The Labute approximate surface area is 247 Å². The lowest BCUT2D eigenvalue weighted by Gasteiger charge is -2.28. The lowest BCUT2D eigenvalue weighted by molar-refractivity contribution is 0.360. The minimum absolute atomic E-state index is 0.204. The minimum atomic E-state index is -3.56. The molecule has 0 amide bonds. The standard InChI is InChI=1S/C32H37N7O2S/c33-24-11-15-38(21-24)32-27-6-1-2-7-29(27)37-30-9-8-22(18-28(30)32)23-10-12-35-31(19-23)36-25-4-3-5-26(20-25)42(40,41)39-16-13-34-14-17-39/h3-5,8-10,12,18-20,24,34H,1-2,6-7,11,13-17,21,33H2,(H,35,36). The van der Waals surface area contributed by atoms with Gasteiger partial charge in [-0.05, 0) is 91.3 Å². The van der Waals surface area contributed by atoms with Crippen LogP contribution in [0.15, 0.2) is 65.7 Å². The van der Waals surface area contributed by atoms with Crippen molar-refractivity contribution in [3.63, 3.8) is 0 Å². The number of aromatic nitrogens is 2. The summed E-state index contributed by atoms with van der Waals surface area (Å²) in [6.45, 7) is 4.12. The summed E-state index contributed by atoms with van der Waals surface area (Å²) in [5.74, 6) is 0.652. The second-order valence-corrected chi connectivity index (χ2v) is 13.5. The number of rotatable bonds is 6. The van der Waals surface area contributed by atoms with Crippen LogP contribution in [0.2, 0.25) is 0 Å². The van der Waals surface area contributed by atoms with Gasteiger partial charge in [0.15, 0.2) is 0 Å². The van der Waals surface area contributed by atoms with Gasteiger partial charge in [-0.25, -0.2) is 13.4 Å². The molecule has 4 aromatic rings. The average Bonchev–Trinajstić information content (AvgIpc) is 3.45. The van der Waals surface area contributed by atoms with Crippen molar-refractivity contribution in [3.8, 4) is 11.1 Å². The number of fused-ring (bicyclic) bond motifs is 2. The molecule has 1 aliphatic carbocycles. The molecule has 9 nitrogen and oxygen atoms in total. The summed E-state index contributed by atoms with van der Waals surface area (Å²) >= 11 is 0. The average molecular weight is 584 g/mol. The molecule has 3 aliphatic rings. The molecule has 0 bridgehead atoms. The maximum absolute atomic E-state index is 13.2. The number of piperazine rings is 1. The predicted molar refractivity (Wildman–Crippen MR) is 168 cm³/mol. The molecule has 2 aromatic carbocycles. The van der Waals surface area contributed by atoms with Gasteiger partial charge in [0.2, 0.25) is 10.0 Å². The van der Waals surface area contributed by atoms with Crippen LogP contribution in [0.5, 0.6) is 0 Å². The van der Waals surface area contributed by atoms with Crippen LogP contribution in [0.3, 0.4) is 0 Å². The zero-order valence-corrected chi connectivity index (χ0v) is 24.5. The van der Waals surface area contributed by atoms with E-state index in [2.05, 4.69) is 38.7 Å². The van der Waals surface area contributed by atoms with E-state index in [0.29, 0.717) is 37.7 Å². The van der Waals surface area contributed by atoms with E-state index in [1.807, 2.05) is 18.2 Å². The van der Waals surface area contributed by atoms with Gasteiger partial charge >= 0.3 is 0 Å². The molecule has 1 atom stereocenters. The largest absolute Gasteiger partial charge is 0.369 e. The summed E-state index contributed by atoms with van der Waals surface area (Å²) < 4.78 is 28.0. The van der Waals surface area contributed by atoms with Crippen molar-refractivity contribution in [2.24, 2.45) is 5.73 Å². The third-order valence-electron chi connectivity index (χ3n) is 8.69. The molecule has 7 rings (SSSR count). The Morgan fingerprint density at radius 1 is 0.952 bits per heavy atom. The number of anilines is 3. The molecule has 4 heterocycles. The monoisotopic (exact) mass is 583 g/mol. The van der Waals surface area contributed by atoms with Crippen LogP contribution in [-0.4, -0.2) is 68.0 Å². The van der Waals surface area contributed by atoms with Crippen molar-refractivity contribution in [1.82, 2.24) is 19.6 Å². The smallest absolute Gasteiger partial charge is 0.243 e. The zero-order valence-electron chi connectivity index (χ0n) is 23.7. The van der Waals surface area contributed by atoms with Gasteiger partial charge in [0.05, 0.1) is 16.1 Å². The van der Waals surface area contributed by atoms with E-state index in [4.69, 9.17) is 10.7 Å². The van der Waals surface area contributed by atoms with Crippen LogP contribution in [0.25, 0.3) is 22.0 Å². The molecule has 10 heteroatoms. The SMILES string of the molecule is NC1CCN(c2c3c(nc4ccc(-c5ccnc(Nc6cccc(S(=O)(=O)N7CCNCC7)c6)c5)cc24)CCCC3)C1. The molecule has 2 saturated heterocycles. The molecule has 1 unspecified atom stereocenters. The van der Waals surface area contributed by atoms with Gasteiger partial charge in [0, 0.05) is 68.3 Å². The number of sulfonamides is 1. The first-order chi connectivity index (χ1) is 20.5. The van der Waals surface area contributed by atoms with Gasteiger partial charge in [-0.2, -0.15) is 4.31 Å². The summed E-state index contributed by atoms with van der Waals surface area (Å²) in [7, 11) is -3.56. The topological polar surface area (TPSA) is 116 Å². The normalized spacial score (nSPS) is 19.6. The number of pyridine rings is 2. The molecular weight excluding hydrogens is 546 g/mol. The van der Waals surface area contributed by atoms with Gasteiger partial charge in [-0.1, -0.05) is 12.1 Å². The van der Waals surface area contributed by atoms with E-state index in [-0.39, 0.29) is 10.9 Å². The van der Waals surface area contributed by atoms with E-state index in [1.165, 1.54) is 39.5 Å². The molecule has 2 aromatic heterocycles. The van der Waals surface area contributed by atoms with Crippen LogP contribution in [-0.2, 0) is 22.9 Å². The summed E-state index contributed by atoms with van der Waals surface area (Å²) in [4.78, 5) is 12.4. The zero-order chi connectivity index (χ0) is 28.7. The molecular formula is C32H37N7O2S. The number of benzene rings is 2. The molecule has 42 heavy (non-hydrogen) atoms. The van der Waals surface area contributed by atoms with E-state index in [0.717, 1.165) is 49.0 Å². The molecule has 0 spiro atoms. The molecule has 2 aliphatic heterocycles. The van der Waals surface area contributed by atoms with Gasteiger partial charge in [-0.15, -0.1) is 0 Å². The Balaban J connectivity index is 1.21. The summed E-state index contributed by atoms with van der Waals surface area (Å²) in [5, 5.41) is 7.71. The van der Waals surface area contributed by atoms with Crippen molar-refractivity contribution >= 4 is 38.1 Å². The van der Waals surface area contributed by atoms with E-state index >= 15 is 0 Å². The van der Waals surface area contributed by atoms with Crippen LogP contribution in [0, 0.1) is 0 Å². The summed E-state index contributed by atoms with van der Waals surface area (Å²) in [6.07, 6.45) is 7.29. The maximum atomic E-state index is 13.2. The summed E-state index contributed by atoms with van der Waals surface area (Å²) in [6, 6.07) is 17.7. The highest BCUT2D eigenvalue weighted by Crippen LogP contribution is 2.39. The van der Waals surface area contributed by atoms with Crippen molar-refractivity contribution < 1.29 is 8.42 Å². The highest BCUT2D eigenvalue weighted by Gasteiger charge is 2.28. The van der Waals surface area contributed by atoms with Crippen LogP contribution >= 0.6 is 0 Å². The van der Waals surface area contributed by atoms with Gasteiger partial charge in [-0.3, -0.25) is 4.98 Å². The molecule has 4 N–H and O–H groups in total. The van der Waals surface area contributed by atoms with Crippen LogP contribution in [0.4, 0.5) is 17.2 Å². The number of nitrogens with zero attached hydrogens (tertiary/aromatic N) is 4. The molecule has 0 saturated carbocycles. The van der Waals surface area contributed by atoms with E-state index < -0.39 is 10.0 Å². The Bertz CT molecular complexity index is 1740. The Morgan fingerprint density at radius 3 is 2.62 bits per heavy atom. The lowest BCUT2D eigenvalue weighted by Crippen LogP contribution is -2.46. The van der Waals surface area contributed by atoms with Gasteiger partial charge in [0.1, 0.15) is 5.82 Å². The van der Waals surface area contributed by atoms with E-state index in [1.54, 1.807) is 24.4 Å². The fraction of sp³-hybridized carbons (Fsp3) is 0.375. The van der Waals surface area contributed by atoms with Crippen LogP contribution in [0.1, 0.15) is 30.5 Å². The highest BCUT2D eigenvalue weighted by atomic mass is 32.2. The molecule has 2 fully saturated rings. The maximum Gasteiger partial charge on any atom is 0.243 e. The minimum Gasteiger partial charge on any atom is -0.369 e. The number of hydrogen-bond acceptors (Lipinski definition) is 8. The first-order valence-corrected chi connectivity index (χ1v) is 16.4. The fourth-order valence-corrected chi connectivity index (χ4v) is 8.01. The fourth-order valence-electron chi connectivity index (χ4n) is 6.52.